The number of anilines is 1. The average Bonchev–Trinajstić information content (AvgIpc) is 2.29. The molecule has 0 saturated carbocycles. The van der Waals surface area contributed by atoms with Crippen LogP contribution in [0.25, 0.3) is 0 Å². The summed E-state index contributed by atoms with van der Waals surface area (Å²) in [4.78, 5) is 0. The highest BCUT2D eigenvalue weighted by molar-refractivity contribution is 8.10. The Morgan fingerprint density at radius 1 is 0.842 bits per heavy atom. The Hall–Kier alpha value is -1.08. The second kappa shape index (κ2) is 6.38. The smallest absolute Gasteiger partial charge is 0.205 e. The number of rotatable bonds is 7. The van der Waals surface area contributed by atoms with Crippen LogP contribution in [-0.2, 0) is 20.0 Å². The van der Waals surface area contributed by atoms with Crippen molar-refractivity contribution >= 4 is 25.7 Å². The Bertz CT molecular complexity index is 558. The molecule has 0 N–H and O–H groups in total. The molecule has 108 valence electrons. The van der Waals surface area contributed by atoms with Gasteiger partial charge in [0.2, 0.25) is 20.0 Å². The fourth-order valence-electron chi connectivity index (χ4n) is 1.73. The molecule has 0 aliphatic rings. The Morgan fingerprint density at radius 3 is 1.63 bits per heavy atom. The first-order valence-corrected chi connectivity index (χ1v) is 9.38. The van der Waals surface area contributed by atoms with Crippen molar-refractivity contribution in [2.75, 3.05) is 15.2 Å². The molecule has 1 aromatic rings. The van der Waals surface area contributed by atoms with Crippen molar-refractivity contribution < 1.29 is 16.8 Å². The summed E-state index contributed by atoms with van der Waals surface area (Å²) in [7, 11) is -7.72. The van der Waals surface area contributed by atoms with Crippen molar-refractivity contribution in [3.8, 4) is 0 Å². The lowest BCUT2D eigenvalue weighted by atomic mass is 10.3. The Morgan fingerprint density at radius 2 is 1.26 bits per heavy atom. The van der Waals surface area contributed by atoms with Crippen LogP contribution in [0.3, 0.4) is 0 Å². The van der Waals surface area contributed by atoms with Gasteiger partial charge in [-0.1, -0.05) is 32.0 Å². The van der Waals surface area contributed by atoms with E-state index in [2.05, 4.69) is 0 Å². The van der Waals surface area contributed by atoms with Gasteiger partial charge in [-0.3, -0.25) is 0 Å². The van der Waals surface area contributed by atoms with E-state index in [1.165, 1.54) is 12.1 Å². The second-order valence-electron chi connectivity index (χ2n) is 4.16. The molecular weight excluding hydrogens is 286 g/mol. The highest BCUT2D eigenvalue weighted by Crippen LogP contribution is 2.23. The topological polar surface area (TPSA) is 71.5 Å². The largest absolute Gasteiger partial charge is 0.248 e. The molecule has 5 nitrogen and oxygen atoms in total. The SMILES string of the molecule is CCCS(=O)(=O)N(c1ccccc1)S(=O)(=O)CCC. The lowest BCUT2D eigenvalue weighted by Crippen LogP contribution is -2.39. The van der Waals surface area contributed by atoms with Crippen LogP contribution < -0.4 is 3.71 Å². The number of hydrogen-bond acceptors (Lipinski definition) is 4. The van der Waals surface area contributed by atoms with Crippen LogP contribution in [0.1, 0.15) is 26.7 Å². The summed E-state index contributed by atoms with van der Waals surface area (Å²) in [6.45, 7) is 3.40. The molecule has 19 heavy (non-hydrogen) atoms. The summed E-state index contributed by atoms with van der Waals surface area (Å²) in [5.74, 6) is -0.379. The molecule has 0 aliphatic carbocycles. The van der Waals surface area contributed by atoms with Crippen LogP contribution in [-0.4, -0.2) is 28.3 Å². The van der Waals surface area contributed by atoms with Crippen molar-refractivity contribution in [1.29, 1.82) is 0 Å². The molecule has 0 radical (unpaired) electrons. The molecule has 0 bridgehead atoms. The van der Waals surface area contributed by atoms with E-state index in [-0.39, 0.29) is 17.2 Å². The van der Waals surface area contributed by atoms with Crippen LogP contribution in [0.15, 0.2) is 30.3 Å². The monoisotopic (exact) mass is 305 g/mol. The summed E-state index contributed by atoms with van der Waals surface area (Å²) in [5, 5.41) is 0. The van der Waals surface area contributed by atoms with Gasteiger partial charge in [-0.05, 0) is 25.0 Å². The molecule has 1 aromatic carbocycles. The van der Waals surface area contributed by atoms with Gasteiger partial charge in [0, 0.05) is 0 Å². The first kappa shape index (κ1) is 16.0. The molecule has 0 amide bonds. The minimum Gasteiger partial charge on any atom is -0.205 e. The van der Waals surface area contributed by atoms with Gasteiger partial charge in [-0.15, -0.1) is 0 Å². The van der Waals surface area contributed by atoms with E-state index in [1.54, 1.807) is 32.0 Å². The van der Waals surface area contributed by atoms with E-state index in [0.29, 0.717) is 16.6 Å². The van der Waals surface area contributed by atoms with Crippen molar-refractivity contribution in [2.24, 2.45) is 0 Å². The van der Waals surface area contributed by atoms with Gasteiger partial charge in [0.25, 0.3) is 0 Å². The van der Waals surface area contributed by atoms with E-state index in [4.69, 9.17) is 0 Å². The van der Waals surface area contributed by atoms with Gasteiger partial charge in [0.15, 0.2) is 0 Å². The third-order valence-corrected chi connectivity index (χ3v) is 7.04. The molecule has 0 unspecified atom stereocenters. The Labute approximate surface area is 115 Å². The standard InChI is InChI=1S/C12H19NO4S2/c1-3-10-18(14,15)13(19(16,17)11-4-2)12-8-6-5-7-9-12/h5-9H,3-4,10-11H2,1-2H3. The first-order valence-electron chi connectivity index (χ1n) is 6.16. The molecule has 7 heteroatoms. The van der Waals surface area contributed by atoms with Gasteiger partial charge < -0.3 is 0 Å². The van der Waals surface area contributed by atoms with E-state index in [0.717, 1.165) is 0 Å². The van der Waals surface area contributed by atoms with Crippen LogP contribution >= 0.6 is 0 Å². The number of sulfonamides is 2. The third-order valence-electron chi connectivity index (χ3n) is 2.40. The maximum Gasteiger partial charge on any atom is 0.248 e. The van der Waals surface area contributed by atoms with Crippen LogP contribution in [0.4, 0.5) is 5.69 Å². The van der Waals surface area contributed by atoms with Crippen LogP contribution in [0, 0.1) is 0 Å². The summed E-state index contributed by atoms with van der Waals surface area (Å²) >= 11 is 0. The minimum absolute atomic E-state index is 0.171. The number of nitrogens with zero attached hydrogens (tertiary/aromatic N) is 1. The van der Waals surface area contributed by atoms with Crippen molar-refractivity contribution in [3.63, 3.8) is 0 Å². The van der Waals surface area contributed by atoms with E-state index in [9.17, 15) is 16.8 Å². The molecule has 0 heterocycles. The third kappa shape index (κ3) is 3.94. The van der Waals surface area contributed by atoms with Gasteiger partial charge in [-0.2, -0.15) is 3.71 Å². The highest BCUT2D eigenvalue weighted by Gasteiger charge is 2.32. The summed E-state index contributed by atoms with van der Waals surface area (Å²) in [6.07, 6.45) is 0.737. The normalized spacial score (nSPS) is 12.3. The fourth-order valence-corrected chi connectivity index (χ4v) is 5.81. The average molecular weight is 305 g/mol. The molecule has 0 aliphatic heterocycles. The predicted octanol–water partition coefficient (Wildman–Crippen LogP) is 1.97. The fraction of sp³-hybridized carbons (Fsp3) is 0.500. The molecular formula is C12H19NO4S2. The summed E-state index contributed by atoms with van der Waals surface area (Å²) in [6, 6.07) is 7.91. The summed E-state index contributed by atoms with van der Waals surface area (Å²) in [5.41, 5.74) is 0.171. The molecule has 1 rings (SSSR count). The van der Waals surface area contributed by atoms with Crippen LogP contribution in [0.5, 0.6) is 0 Å². The molecule has 0 atom stereocenters. The molecule has 0 aromatic heterocycles. The van der Waals surface area contributed by atoms with Crippen molar-refractivity contribution in [1.82, 2.24) is 0 Å². The number of para-hydroxylation sites is 1. The minimum atomic E-state index is -3.86. The van der Waals surface area contributed by atoms with Gasteiger partial charge in [0.05, 0.1) is 17.2 Å². The Balaban J connectivity index is 3.36. The maximum absolute atomic E-state index is 12.2. The predicted molar refractivity (Wildman–Crippen MR) is 77.1 cm³/mol. The van der Waals surface area contributed by atoms with Crippen molar-refractivity contribution in [2.45, 2.75) is 26.7 Å². The summed E-state index contributed by atoms with van der Waals surface area (Å²) < 4.78 is 49.4. The van der Waals surface area contributed by atoms with Gasteiger partial charge in [0.1, 0.15) is 0 Å². The van der Waals surface area contributed by atoms with E-state index < -0.39 is 20.0 Å². The van der Waals surface area contributed by atoms with Crippen LogP contribution in [0.2, 0.25) is 0 Å². The van der Waals surface area contributed by atoms with Crippen molar-refractivity contribution in [3.05, 3.63) is 30.3 Å². The maximum atomic E-state index is 12.2. The highest BCUT2D eigenvalue weighted by atomic mass is 32.3. The molecule has 0 saturated heterocycles. The zero-order chi connectivity index (χ0) is 14.5. The molecule has 0 fully saturated rings. The Kier molecular flexibility index (Phi) is 5.37. The first-order chi connectivity index (χ1) is 8.85. The molecule has 0 spiro atoms. The second-order valence-corrected chi connectivity index (χ2v) is 8.27. The van der Waals surface area contributed by atoms with E-state index >= 15 is 0 Å². The number of hydrogen-bond donors (Lipinski definition) is 0. The van der Waals surface area contributed by atoms with Gasteiger partial charge in [-0.25, -0.2) is 16.8 Å². The lowest BCUT2D eigenvalue weighted by Gasteiger charge is -2.23. The quantitative estimate of drug-likeness (QED) is 0.772. The van der Waals surface area contributed by atoms with E-state index in [1.807, 2.05) is 0 Å². The lowest BCUT2D eigenvalue weighted by molar-refractivity contribution is 0.583. The zero-order valence-corrected chi connectivity index (χ0v) is 12.7. The number of benzene rings is 1. The zero-order valence-electron chi connectivity index (χ0n) is 11.1. The van der Waals surface area contributed by atoms with Gasteiger partial charge >= 0.3 is 0 Å².